The molecule has 0 aliphatic heterocycles. The van der Waals surface area contributed by atoms with Crippen molar-refractivity contribution < 1.29 is 13.2 Å². The van der Waals surface area contributed by atoms with E-state index in [1.807, 2.05) is 11.6 Å². The van der Waals surface area contributed by atoms with Crippen LogP contribution in [-0.2, 0) is 10.0 Å². The van der Waals surface area contributed by atoms with Gasteiger partial charge in [-0.25, -0.2) is 17.9 Å². The summed E-state index contributed by atoms with van der Waals surface area (Å²) in [6.45, 7) is 3.96. The lowest BCUT2D eigenvalue weighted by molar-refractivity contribution is 0.245. The number of nitrogens with one attached hydrogen (secondary N) is 2. The van der Waals surface area contributed by atoms with Crippen LogP contribution in [0.15, 0.2) is 17.0 Å². The van der Waals surface area contributed by atoms with Crippen molar-refractivity contribution in [1.82, 2.24) is 10.0 Å². The van der Waals surface area contributed by atoms with Crippen molar-refractivity contribution >= 4 is 33.3 Å². The SMILES string of the molecule is CCCCNC(=O)NS(=O)(=O)c1cc(N)c(Cl)cc1C. The van der Waals surface area contributed by atoms with E-state index in [1.165, 1.54) is 12.1 Å². The fourth-order valence-corrected chi connectivity index (χ4v) is 2.96. The second kappa shape index (κ2) is 6.81. The summed E-state index contributed by atoms with van der Waals surface area (Å²) < 4.78 is 26.1. The lowest BCUT2D eigenvalue weighted by Gasteiger charge is -2.11. The minimum atomic E-state index is -3.97. The lowest BCUT2D eigenvalue weighted by Crippen LogP contribution is -2.40. The van der Waals surface area contributed by atoms with E-state index in [1.54, 1.807) is 6.92 Å². The molecule has 1 aromatic rings. The second-order valence-electron chi connectivity index (χ2n) is 4.35. The maximum absolute atomic E-state index is 12.1. The van der Waals surface area contributed by atoms with Crippen molar-refractivity contribution in [1.29, 1.82) is 0 Å². The summed E-state index contributed by atoms with van der Waals surface area (Å²) in [4.78, 5) is 11.4. The first-order chi connectivity index (χ1) is 9.27. The van der Waals surface area contributed by atoms with Crippen molar-refractivity contribution in [2.24, 2.45) is 0 Å². The molecule has 0 heterocycles. The second-order valence-corrected chi connectivity index (χ2v) is 6.41. The van der Waals surface area contributed by atoms with Crippen LogP contribution in [0.25, 0.3) is 0 Å². The zero-order valence-electron chi connectivity index (χ0n) is 11.4. The van der Waals surface area contributed by atoms with E-state index in [4.69, 9.17) is 17.3 Å². The summed E-state index contributed by atoms with van der Waals surface area (Å²) in [5.41, 5.74) is 6.15. The van der Waals surface area contributed by atoms with Crippen LogP contribution >= 0.6 is 11.6 Å². The van der Waals surface area contributed by atoms with Gasteiger partial charge in [0, 0.05) is 6.54 Å². The monoisotopic (exact) mass is 319 g/mol. The van der Waals surface area contributed by atoms with Crippen molar-refractivity contribution in [3.8, 4) is 0 Å². The zero-order valence-corrected chi connectivity index (χ0v) is 12.9. The zero-order chi connectivity index (χ0) is 15.3. The molecule has 0 bridgehead atoms. The molecule has 20 heavy (non-hydrogen) atoms. The predicted molar refractivity (Wildman–Crippen MR) is 79.2 cm³/mol. The molecule has 0 atom stereocenters. The van der Waals surface area contributed by atoms with Crippen molar-refractivity contribution in [3.05, 3.63) is 22.7 Å². The van der Waals surface area contributed by atoms with Gasteiger partial charge in [0.05, 0.1) is 15.6 Å². The summed E-state index contributed by atoms with van der Waals surface area (Å²) in [6, 6.07) is 1.92. The number of benzene rings is 1. The van der Waals surface area contributed by atoms with Crippen LogP contribution in [0.5, 0.6) is 0 Å². The number of hydrogen-bond donors (Lipinski definition) is 3. The Bertz CT molecular complexity index is 602. The van der Waals surface area contributed by atoms with Crippen LogP contribution in [0.2, 0.25) is 5.02 Å². The van der Waals surface area contributed by atoms with Gasteiger partial charge in [-0.15, -0.1) is 0 Å². The Morgan fingerprint density at radius 1 is 1.40 bits per heavy atom. The van der Waals surface area contributed by atoms with E-state index in [2.05, 4.69) is 5.32 Å². The Kier molecular flexibility index (Phi) is 5.64. The number of nitrogen functional groups attached to an aromatic ring is 1. The minimum absolute atomic E-state index is 0.0648. The third-order valence-electron chi connectivity index (χ3n) is 2.63. The number of anilines is 1. The number of rotatable bonds is 5. The van der Waals surface area contributed by atoms with Crippen molar-refractivity contribution in [2.75, 3.05) is 12.3 Å². The number of urea groups is 1. The highest BCUT2D eigenvalue weighted by atomic mass is 35.5. The summed E-state index contributed by atoms with van der Waals surface area (Å²) in [7, 11) is -3.97. The molecular formula is C12H18ClN3O3S. The number of amides is 2. The number of carbonyl (C=O) groups is 1. The first-order valence-electron chi connectivity index (χ1n) is 6.14. The smallest absolute Gasteiger partial charge is 0.328 e. The molecule has 0 saturated carbocycles. The Morgan fingerprint density at radius 3 is 2.65 bits per heavy atom. The van der Waals surface area contributed by atoms with E-state index in [0.717, 1.165) is 12.8 Å². The fourth-order valence-electron chi connectivity index (χ4n) is 1.55. The Balaban J connectivity index is 2.89. The molecule has 0 saturated heterocycles. The molecule has 0 unspecified atom stereocenters. The van der Waals surface area contributed by atoms with Crippen LogP contribution in [0.1, 0.15) is 25.3 Å². The van der Waals surface area contributed by atoms with Gasteiger partial charge in [0.15, 0.2) is 0 Å². The van der Waals surface area contributed by atoms with Gasteiger partial charge in [0.2, 0.25) is 0 Å². The van der Waals surface area contributed by atoms with Crippen molar-refractivity contribution in [3.63, 3.8) is 0 Å². The summed E-state index contributed by atoms with van der Waals surface area (Å²) in [6.07, 6.45) is 1.68. The van der Waals surface area contributed by atoms with E-state index in [9.17, 15) is 13.2 Å². The molecule has 112 valence electrons. The number of halogens is 1. The first kappa shape index (κ1) is 16.6. The van der Waals surface area contributed by atoms with Crippen LogP contribution in [0, 0.1) is 6.92 Å². The summed E-state index contributed by atoms with van der Waals surface area (Å²) in [5, 5.41) is 2.74. The molecule has 0 fully saturated rings. The summed E-state index contributed by atoms with van der Waals surface area (Å²) >= 11 is 5.81. The number of aryl methyl sites for hydroxylation is 1. The first-order valence-corrected chi connectivity index (χ1v) is 8.00. The van der Waals surface area contributed by atoms with Gasteiger partial charge in [0.25, 0.3) is 10.0 Å². The summed E-state index contributed by atoms with van der Waals surface area (Å²) in [5.74, 6) is 0. The minimum Gasteiger partial charge on any atom is -0.397 e. The molecule has 8 heteroatoms. The van der Waals surface area contributed by atoms with Gasteiger partial charge in [-0.2, -0.15) is 0 Å². The average molecular weight is 320 g/mol. The van der Waals surface area contributed by atoms with Gasteiger partial charge in [-0.05, 0) is 31.0 Å². The molecule has 0 radical (unpaired) electrons. The third-order valence-corrected chi connectivity index (χ3v) is 4.43. The van der Waals surface area contributed by atoms with Gasteiger partial charge < -0.3 is 11.1 Å². The highest BCUT2D eigenvalue weighted by Crippen LogP contribution is 2.25. The Hall–Kier alpha value is -1.47. The van der Waals surface area contributed by atoms with Gasteiger partial charge in [-0.3, -0.25) is 0 Å². The van der Waals surface area contributed by atoms with E-state index in [0.29, 0.717) is 12.1 Å². The number of unbranched alkanes of at least 4 members (excludes halogenated alkanes) is 1. The normalized spacial score (nSPS) is 11.2. The molecule has 4 N–H and O–H groups in total. The van der Waals surface area contributed by atoms with Crippen LogP contribution in [0.3, 0.4) is 0 Å². The Labute approximate surface area is 123 Å². The largest absolute Gasteiger partial charge is 0.397 e. The number of nitrogens with two attached hydrogens (primary N) is 1. The molecule has 1 rings (SSSR count). The van der Waals surface area contributed by atoms with E-state index in [-0.39, 0.29) is 15.6 Å². The Morgan fingerprint density at radius 2 is 2.05 bits per heavy atom. The average Bonchev–Trinajstić information content (AvgIpc) is 2.33. The van der Waals surface area contributed by atoms with Crippen LogP contribution in [0.4, 0.5) is 10.5 Å². The maximum atomic E-state index is 12.1. The lowest BCUT2D eigenvalue weighted by atomic mass is 10.2. The molecule has 2 amide bonds. The van der Waals surface area contributed by atoms with Crippen LogP contribution < -0.4 is 15.8 Å². The molecule has 0 aliphatic carbocycles. The number of carbonyl (C=O) groups excluding carboxylic acids is 1. The van der Waals surface area contributed by atoms with Crippen LogP contribution in [-0.4, -0.2) is 21.0 Å². The van der Waals surface area contributed by atoms with Gasteiger partial charge in [-0.1, -0.05) is 24.9 Å². The maximum Gasteiger partial charge on any atom is 0.328 e. The highest BCUT2D eigenvalue weighted by molar-refractivity contribution is 7.90. The van der Waals surface area contributed by atoms with Gasteiger partial charge >= 0.3 is 6.03 Å². The van der Waals surface area contributed by atoms with E-state index >= 15 is 0 Å². The standard InChI is InChI=1S/C12H18ClN3O3S/c1-3-4-5-15-12(17)16-20(18,19)11-7-10(14)9(13)6-8(11)2/h6-7H,3-5,14H2,1-2H3,(H2,15,16,17). The molecule has 0 aliphatic rings. The number of sulfonamides is 1. The quantitative estimate of drug-likeness (QED) is 0.571. The number of hydrogen-bond acceptors (Lipinski definition) is 4. The van der Waals surface area contributed by atoms with E-state index < -0.39 is 16.1 Å². The highest BCUT2D eigenvalue weighted by Gasteiger charge is 2.20. The predicted octanol–water partition coefficient (Wildman–Crippen LogP) is 2.02. The van der Waals surface area contributed by atoms with Gasteiger partial charge in [0.1, 0.15) is 0 Å². The molecule has 6 nitrogen and oxygen atoms in total. The molecular weight excluding hydrogens is 302 g/mol. The topological polar surface area (TPSA) is 101 Å². The molecule has 0 spiro atoms. The van der Waals surface area contributed by atoms with Crippen molar-refractivity contribution in [2.45, 2.75) is 31.6 Å². The molecule has 0 aromatic heterocycles. The molecule has 1 aromatic carbocycles. The fraction of sp³-hybridized carbons (Fsp3) is 0.417. The third kappa shape index (κ3) is 4.28.